The summed E-state index contributed by atoms with van der Waals surface area (Å²) in [5.41, 5.74) is 50.7. The fraction of sp³-hybridized carbons (Fsp3) is 0.514. The second kappa shape index (κ2) is 58.3. The standard InChI is InChI=1S/C18H27N5O.C17H25N5O.C14H20FN5O.4C14H21N5O/c1-5-6-9-18(4,10-7-13(3)24)23-16-15-14(21-17(19)22-16)12(2)8-11-20-15;1-4-5-9-17(3,10-8-12(2)23)22-15-14-13(7-6-11-19-14)20-16(18)21-15;1-3-4-5-14(2,8-21)20-12-11-10(18-13(16)19-12)6-9(15)7-17-11;2*1-3-4-7-14(2,9-20)19-12-11-10(6-5-8-16-11)17-13(15)18-12;2*1-3-4-5-10(8-20)17-13-12-11(18-14(15)19-13)9(2)6-7-16-12/h8,11H,5-7,9-10H2,1-4H3,(H3,19,21,22,23);6-7,11H,4-5,8-10H2,1-3H3,(H3,18,20,21,22);6-7,21H,3-5,8H2,1-2H3,(H3,16,18,19,20);2*5-6,8,20H,3-4,7,9H2,1-2H3,(H3,15,17,18,19);2*6-7,10,20H,3-5,8H2,1-2H3,(H3,15,17,18,19)/t18-;17-;;2*14-;2*10-/m11.1010/s1. The Morgan fingerprint density at radius 3 is 0.845 bits per heavy atom. The van der Waals surface area contributed by atoms with Crippen molar-refractivity contribution in [2.75, 3.05) is 110 Å². The molecule has 0 aliphatic rings. The first-order chi connectivity index (χ1) is 70.7. The molecule has 800 valence electrons. The number of hydrogen-bond acceptors (Lipinski definition) is 42. The minimum Gasteiger partial charge on any atom is -0.394 e. The van der Waals surface area contributed by atoms with Crippen LogP contribution >= 0.6 is 0 Å². The number of carbonyl (C=O) groups is 2. The number of anilines is 14. The van der Waals surface area contributed by atoms with Crippen LogP contribution in [0.5, 0.6) is 0 Å². The summed E-state index contributed by atoms with van der Waals surface area (Å²) in [5, 5.41) is 71.1. The lowest BCUT2D eigenvalue weighted by molar-refractivity contribution is -0.118. The molecule has 1 unspecified atom stereocenters. The van der Waals surface area contributed by atoms with E-state index in [1.807, 2.05) is 84.0 Å². The largest absolute Gasteiger partial charge is 0.394 e. The molecule has 14 heterocycles. The number of nitrogens with one attached hydrogen (secondary N) is 7. The second-order valence-electron chi connectivity index (χ2n) is 38.8. The fourth-order valence-corrected chi connectivity index (χ4v) is 16.0. The Balaban J connectivity index is 0.000000211. The van der Waals surface area contributed by atoms with Gasteiger partial charge in [-0.2, -0.15) is 34.9 Å². The van der Waals surface area contributed by atoms with E-state index in [0.717, 1.165) is 193 Å². The summed E-state index contributed by atoms with van der Waals surface area (Å²) < 4.78 is 13.2. The van der Waals surface area contributed by atoms with Crippen LogP contribution in [0.1, 0.15) is 274 Å². The number of aliphatic hydroxyl groups is 5. The summed E-state index contributed by atoms with van der Waals surface area (Å²) in [6.45, 7) is 34.2. The minimum absolute atomic E-state index is 0.0191. The highest BCUT2D eigenvalue weighted by atomic mass is 19.1. The van der Waals surface area contributed by atoms with Crippen molar-refractivity contribution in [1.29, 1.82) is 0 Å². The van der Waals surface area contributed by atoms with Crippen molar-refractivity contribution in [3.8, 4) is 0 Å². The zero-order valence-corrected chi connectivity index (χ0v) is 89.0. The predicted octanol–water partition coefficient (Wildman–Crippen LogP) is 16.8. The number of fused-ring (bicyclic) bond motifs is 7. The molecule has 26 N–H and O–H groups in total. The first kappa shape index (κ1) is 119. The van der Waals surface area contributed by atoms with Crippen molar-refractivity contribution >= 4 is 171 Å². The van der Waals surface area contributed by atoms with Gasteiger partial charge >= 0.3 is 0 Å². The van der Waals surface area contributed by atoms with Crippen molar-refractivity contribution in [2.45, 2.75) is 318 Å². The average molecular weight is 2040 g/mol. The summed E-state index contributed by atoms with van der Waals surface area (Å²) in [6, 6.07) is 17.8. The molecule has 14 aromatic heterocycles. The summed E-state index contributed by atoms with van der Waals surface area (Å²) >= 11 is 0. The van der Waals surface area contributed by atoms with E-state index >= 15 is 0 Å². The molecule has 0 amide bonds. The van der Waals surface area contributed by atoms with Gasteiger partial charge in [0, 0.05) is 67.2 Å². The van der Waals surface area contributed by atoms with Crippen molar-refractivity contribution in [3.63, 3.8) is 0 Å². The number of aromatic nitrogens is 21. The number of aryl methyl sites for hydroxylation is 3. The predicted molar refractivity (Wildman–Crippen MR) is 593 cm³/mol. The van der Waals surface area contributed by atoms with Crippen LogP contribution in [-0.2, 0) is 9.59 Å². The smallest absolute Gasteiger partial charge is 0.222 e. The number of ketones is 2. The molecule has 0 bridgehead atoms. The Kier molecular flexibility index (Phi) is 46.8. The molecule has 0 spiro atoms. The molecule has 7 atom stereocenters. The third-order valence-corrected chi connectivity index (χ3v) is 24.9. The Morgan fingerprint density at radius 1 is 0.311 bits per heavy atom. The summed E-state index contributed by atoms with van der Waals surface area (Å²) in [7, 11) is 0. The van der Waals surface area contributed by atoms with E-state index in [4.69, 9.17) is 40.1 Å². The van der Waals surface area contributed by atoms with Gasteiger partial charge in [-0.15, -0.1) is 0 Å². The fourth-order valence-electron chi connectivity index (χ4n) is 16.0. The van der Waals surface area contributed by atoms with Gasteiger partial charge in [0.05, 0.1) is 107 Å². The summed E-state index contributed by atoms with van der Waals surface area (Å²) in [6.07, 6.45) is 34.9. The number of Topliss-reactive ketones (excluding diaryl/α,β-unsaturated/α-hetero) is 2. The lowest BCUT2D eigenvalue weighted by atomic mass is 9.89. The van der Waals surface area contributed by atoms with Gasteiger partial charge in [-0.05, 0) is 198 Å². The van der Waals surface area contributed by atoms with Gasteiger partial charge < -0.3 is 112 Å². The zero-order valence-electron chi connectivity index (χ0n) is 89.0. The molecule has 0 aliphatic carbocycles. The Hall–Kier alpha value is -14.3. The van der Waals surface area contributed by atoms with E-state index in [-0.39, 0.29) is 109 Å². The number of hydrogen-bond donors (Lipinski definition) is 19. The highest BCUT2D eigenvalue weighted by Crippen LogP contribution is 2.35. The molecule has 0 radical (unpaired) electrons. The highest BCUT2D eigenvalue weighted by Gasteiger charge is 2.32. The Labute approximate surface area is 865 Å². The van der Waals surface area contributed by atoms with Crippen LogP contribution in [0.3, 0.4) is 0 Å². The van der Waals surface area contributed by atoms with Crippen molar-refractivity contribution in [2.24, 2.45) is 0 Å². The summed E-state index contributed by atoms with van der Waals surface area (Å²) in [5.74, 6) is 5.21. The molecular weight excluding hydrogens is 1880 g/mol. The number of nitrogen functional groups attached to an aromatic ring is 7. The topological polar surface area (TPSA) is 672 Å². The molecule has 42 nitrogen and oxygen atoms in total. The Bertz CT molecular complexity index is 6370. The molecule has 43 heteroatoms. The van der Waals surface area contributed by atoms with Gasteiger partial charge in [0.25, 0.3) is 0 Å². The van der Waals surface area contributed by atoms with Crippen LogP contribution in [0.25, 0.3) is 77.2 Å². The molecule has 0 saturated carbocycles. The van der Waals surface area contributed by atoms with E-state index in [0.29, 0.717) is 109 Å². The number of nitrogens with zero attached hydrogens (tertiary/aromatic N) is 21. The number of halogens is 1. The maximum absolute atomic E-state index is 13.2. The highest BCUT2D eigenvalue weighted by molar-refractivity contribution is 5.93. The lowest BCUT2D eigenvalue weighted by Gasteiger charge is -2.31. The van der Waals surface area contributed by atoms with Crippen LogP contribution in [0.2, 0.25) is 0 Å². The Morgan fingerprint density at radius 2 is 0.561 bits per heavy atom. The van der Waals surface area contributed by atoms with Crippen LogP contribution in [0.15, 0.2) is 104 Å². The maximum Gasteiger partial charge on any atom is 0.222 e. The number of rotatable bonds is 46. The second-order valence-corrected chi connectivity index (χ2v) is 38.8. The van der Waals surface area contributed by atoms with Crippen LogP contribution in [0, 0.1) is 26.6 Å². The monoisotopic (exact) mass is 2040 g/mol. The van der Waals surface area contributed by atoms with E-state index in [1.165, 1.54) is 6.07 Å². The molecule has 14 rings (SSSR count). The van der Waals surface area contributed by atoms with Gasteiger partial charge in [-0.25, -0.2) is 44.3 Å². The van der Waals surface area contributed by atoms with Crippen LogP contribution in [-0.4, -0.2) is 215 Å². The molecular formula is C105H156FN35O7. The third-order valence-electron chi connectivity index (χ3n) is 24.9. The number of aliphatic hydroxyl groups excluding tert-OH is 5. The SMILES string of the molecule is CCCCC(C)(CO)Nc1nc(N)nc2cc(F)cnc12.CCCC[C@@H](CO)Nc1nc(N)nc2c(C)ccnc12.CCCC[C@@](C)(CO)Nc1nc(N)nc2cccnc12.CCCC[C@H](CO)Nc1nc(N)nc2c(C)ccnc12.CCCC[C@](C)(CCC(C)=O)Nc1nc(N)nc2c(C)ccnc12.CCCC[C@](C)(CCC(C)=O)Nc1nc(N)nc2cccnc12.CCCC[C@](C)(CO)Nc1nc(N)nc2cccnc12. The normalized spacial score (nSPS) is 13.6. The molecule has 0 aliphatic heterocycles. The summed E-state index contributed by atoms with van der Waals surface area (Å²) in [4.78, 5) is 112. The van der Waals surface area contributed by atoms with E-state index in [9.17, 15) is 39.5 Å². The number of nitrogens with two attached hydrogens (primary N) is 7. The molecule has 148 heavy (non-hydrogen) atoms. The number of carbonyl (C=O) groups excluding carboxylic acids is 2. The van der Waals surface area contributed by atoms with Gasteiger partial charge in [-0.3, -0.25) is 29.9 Å². The molecule has 0 fully saturated rings. The maximum atomic E-state index is 13.2. The van der Waals surface area contributed by atoms with Crippen molar-refractivity contribution in [1.82, 2.24) is 105 Å². The van der Waals surface area contributed by atoms with Crippen molar-refractivity contribution in [3.05, 3.63) is 127 Å². The van der Waals surface area contributed by atoms with E-state index in [2.05, 4.69) is 204 Å². The van der Waals surface area contributed by atoms with Crippen LogP contribution < -0.4 is 77.4 Å². The number of unbranched alkanes of at least 4 members (excludes halogenated alkanes) is 7. The zero-order chi connectivity index (χ0) is 108. The first-order valence-electron chi connectivity index (χ1n) is 51.1. The van der Waals surface area contributed by atoms with Crippen LogP contribution in [0.4, 0.5) is 86.8 Å². The lowest BCUT2D eigenvalue weighted by Crippen LogP contribution is -2.39. The van der Waals surface area contributed by atoms with E-state index < -0.39 is 22.4 Å². The van der Waals surface area contributed by atoms with Gasteiger partial charge in [0.15, 0.2) is 40.7 Å². The van der Waals surface area contributed by atoms with Gasteiger partial charge in [0.1, 0.15) is 56.0 Å². The molecule has 14 aromatic rings. The van der Waals surface area contributed by atoms with E-state index in [1.54, 1.807) is 63.2 Å². The third kappa shape index (κ3) is 36.4. The first-order valence-corrected chi connectivity index (χ1v) is 51.1. The average Bonchev–Trinajstić information content (AvgIpc) is 0.778. The molecule has 0 aromatic carbocycles. The number of pyridine rings is 7. The van der Waals surface area contributed by atoms with Gasteiger partial charge in [-0.1, -0.05) is 138 Å². The minimum atomic E-state index is -0.542. The van der Waals surface area contributed by atoms with Gasteiger partial charge in [0.2, 0.25) is 41.6 Å². The quantitative estimate of drug-likeness (QED) is 0.0168. The van der Waals surface area contributed by atoms with Crippen molar-refractivity contribution < 1.29 is 39.5 Å². The molecule has 0 saturated heterocycles.